The molecule has 0 saturated carbocycles. The minimum atomic E-state index is -0.164. The highest BCUT2D eigenvalue weighted by Gasteiger charge is 2.13. The second-order valence-electron chi connectivity index (χ2n) is 5.99. The van der Waals surface area contributed by atoms with Gasteiger partial charge in [0.05, 0.1) is 19.8 Å². The highest BCUT2D eigenvalue weighted by atomic mass is 16.5. The van der Waals surface area contributed by atoms with Crippen LogP contribution in [0.3, 0.4) is 0 Å². The Morgan fingerprint density at radius 2 is 1.93 bits per heavy atom. The van der Waals surface area contributed by atoms with E-state index in [1.54, 1.807) is 31.5 Å². The molecule has 0 bridgehead atoms. The summed E-state index contributed by atoms with van der Waals surface area (Å²) in [7, 11) is 3.12. The van der Waals surface area contributed by atoms with Gasteiger partial charge >= 0.3 is 0 Å². The van der Waals surface area contributed by atoms with Crippen molar-refractivity contribution in [2.45, 2.75) is 13.0 Å². The molecule has 0 unspecified atom stereocenters. The Morgan fingerprint density at radius 3 is 2.67 bits per heavy atom. The van der Waals surface area contributed by atoms with Crippen LogP contribution in [-0.4, -0.2) is 36.2 Å². The molecule has 0 fully saturated rings. The lowest BCUT2D eigenvalue weighted by Gasteiger charge is -2.11. The normalized spacial score (nSPS) is 10.4. The molecule has 3 rings (SSSR count). The molecule has 27 heavy (non-hydrogen) atoms. The fraction of sp³-hybridized carbons (Fsp3) is 0.238. The van der Waals surface area contributed by atoms with Gasteiger partial charge in [-0.25, -0.2) is 4.98 Å². The maximum absolute atomic E-state index is 12.4. The van der Waals surface area contributed by atoms with Crippen LogP contribution in [0.5, 0.6) is 11.5 Å². The van der Waals surface area contributed by atoms with E-state index in [9.17, 15) is 4.79 Å². The molecule has 0 aliphatic carbocycles. The number of nitrogens with zero attached hydrogens (tertiary/aromatic N) is 2. The molecule has 140 valence electrons. The lowest BCUT2D eigenvalue weighted by atomic mass is 10.1. The number of amides is 1. The largest absolute Gasteiger partial charge is 0.497 e. The topological polar surface area (TPSA) is 65.4 Å². The third-order valence-electron chi connectivity index (χ3n) is 4.26. The van der Waals surface area contributed by atoms with Crippen LogP contribution >= 0.6 is 0 Å². The number of benzene rings is 2. The average molecular weight is 365 g/mol. The Morgan fingerprint density at radius 1 is 1.11 bits per heavy atom. The number of methoxy groups -OCH3 is 2. The van der Waals surface area contributed by atoms with E-state index in [2.05, 4.69) is 14.9 Å². The zero-order valence-electron chi connectivity index (χ0n) is 15.5. The van der Waals surface area contributed by atoms with Gasteiger partial charge in [-0.15, -0.1) is 0 Å². The van der Waals surface area contributed by atoms with Crippen LogP contribution in [-0.2, 0) is 6.54 Å². The zero-order chi connectivity index (χ0) is 19.1. The number of hydrogen-bond donors (Lipinski definition) is 1. The first-order valence-electron chi connectivity index (χ1n) is 8.79. The second kappa shape index (κ2) is 8.89. The van der Waals surface area contributed by atoms with Gasteiger partial charge in [-0.05, 0) is 18.6 Å². The van der Waals surface area contributed by atoms with Gasteiger partial charge in [0.1, 0.15) is 17.3 Å². The van der Waals surface area contributed by atoms with Gasteiger partial charge in [0, 0.05) is 37.1 Å². The molecule has 6 heteroatoms. The highest BCUT2D eigenvalue weighted by molar-refractivity contribution is 5.97. The number of rotatable bonds is 8. The number of ether oxygens (including phenoxy) is 2. The van der Waals surface area contributed by atoms with E-state index in [-0.39, 0.29) is 5.91 Å². The van der Waals surface area contributed by atoms with Crippen molar-refractivity contribution in [1.82, 2.24) is 14.9 Å². The summed E-state index contributed by atoms with van der Waals surface area (Å²) in [4.78, 5) is 16.9. The molecule has 0 atom stereocenters. The summed E-state index contributed by atoms with van der Waals surface area (Å²) < 4.78 is 12.5. The van der Waals surface area contributed by atoms with Crippen LogP contribution in [0, 0.1) is 0 Å². The average Bonchev–Trinajstić information content (AvgIpc) is 3.19. The van der Waals surface area contributed by atoms with Crippen LogP contribution in [0.1, 0.15) is 16.8 Å². The second-order valence-corrected chi connectivity index (χ2v) is 5.99. The monoisotopic (exact) mass is 365 g/mol. The van der Waals surface area contributed by atoms with Crippen molar-refractivity contribution in [2.75, 3.05) is 20.8 Å². The van der Waals surface area contributed by atoms with Gasteiger partial charge in [-0.3, -0.25) is 4.79 Å². The summed E-state index contributed by atoms with van der Waals surface area (Å²) in [6.07, 6.45) is 4.54. The van der Waals surface area contributed by atoms with E-state index in [1.807, 2.05) is 36.5 Å². The predicted molar refractivity (Wildman–Crippen MR) is 104 cm³/mol. The number of nitrogens with one attached hydrogen (secondary N) is 1. The molecular formula is C21H23N3O3. The molecule has 3 aromatic rings. The van der Waals surface area contributed by atoms with Crippen molar-refractivity contribution in [3.05, 3.63) is 66.5 Å². The van der Waals surface area contributed by atoms with Crippen molar-refractivity contribution in [1.29, 1.82) is 0 Å². The third-order valence-corrected chi connectivity index (χ3v) is 4.26. The number of hydrogen-bond acceptors (Lipinski definition) is 4. The molecule has 1 N–H and O–H groups in total. The van der Waals surface area contributed by atoms with Crippen LogP contribution in [0.4, 0.5) is 0 Å². The summed E-state index contributed by atoms with van der Waals surface area (Å²) in [5, 5.41) is 2.94. The summed E-state index contributed by atoms with van der Waals surface area (Å²) >= 11 is 0. The molecule has 1 heterocycles. The fourth-order valence-electron chi connectivity index (χ4n) is 2.87. The number of carbonyl (C=O) groups excluding carboxylic acids is 1. The SMILES string of the molecule is COc1ccc(C(=O)NCCCn2ccnc2-c2ccccc2)c(OC)c1. The summed E-state index contributed by atoms with van der Waals surface area (Å²) in [5.41, 5.74) is 1.57. The van der Waals surface area contributed by atoms with E-state index >= 15 is 0 Å². The van der Waals surface area contributed by atoms with Crippen molar-refractivity contribution in [3.8, 4) is 22.9 Å². The number of imidazole rings is 1. The lowest BCUT2D eigenvalue weighted by molar-refractivity contribution is 0.0949. The molecule has 0 aliphatic rings. The Balaban J connectivity index is 1.56. The van der Waals surface area contributed by atoms with Crippen LogP contribution < -0.4 is 14.8 Å². The Hall–Kier alpha value is -3.28. The number of aromatic nitrogens is 2. The maximum Gasteiger partial charge on any atom is 0.255 e. The molecular weight excluding hydrogens is 342 g/mol. The van der Waals surface area contributed by atoms with Gasteiger partial charge in [-0.2, -0.15) is 0 Å². The van der Waals surface area contributed by atoms with Crippen LogP contribution in [0.15, 0.2) is 60.9 Å². The highest BCUT2D eigenvalue weighted by Crippen LogP contribution is 2.24. The number of carbonyl (C=O) groups is 1. The minimum Gasteiger partial charge on any atom is -0.497 e. The molecule has 0 saturated heterocycles. The van der Waals surface area contributed by atoms with E-state index in [4.69, 9.17) is 9.47 Å². The Bertz CT molecular complexity index is 891. The zero-order valence-corrected chi connectivity index (χ0v) is 15.5. The maximum atomic E-state index is 12.4. The third kappa shape index (κ3) is 4.47. The van der Waals surface area contributed by atoms with Crippen LogP contribution in [0.2, 0.25) is 0 Å². The van der Waals surface area contributed by atoms with Crippen molar-refractivity contribution >= 4 is 5.91 Å². The van der Waals surface area contributed by atoms with Crippen molar-refractivity contribution in [2.24, 2.45) is 0 Å². The molecule has 0 spiro atoms. The fourth-order valence-corrected chi connectivity index (χ4v) is 2.87. The lowest BCUT2D eigenvalue weighted by Crippen LogP contribution is -2.25. The van der Waals surface area contributed by atoms with Gasteiger partial charge in [0.2, 0.25) is 0 Å². The number of aryl methyl sites for hydroxylation is 1. The van der Waals surface area contributed by atoms with Gasteiger partial charge < -0.3 is 19.4 Å². The first kappa shape index (κ1) is 18.5. The van der Waals surface area contributed by atoms with Crippen molar-refractivity contribution in [3.63, 3.8) is 0 Å². The predicted octanol–water partition coefficient (Wildman–Crippen LogP) is 3.39. The first-order chi connectivity index (χ1) is 13.2. The van der Waals surface area contributed by atoms with Crippen molar-refractivity contribution < 1.29 is 14.3 Å². The minimum absolute atomic E-state index is 0.164. The summed E-state index contributed by atoms with van der Waals surface area (Å²) in [6.45, 7) is 1.32. The van der Waals surface area contributed by atoms with E-state index in [0.717, 1.165) is 24.4 Å². The van der Waals surface area contributed by atoms with Gasteiger partial charge in [0.25, 0.3) is 5.91 Å². The molecule has 1 amide bonds. The van der Waals surface area contributed by atoms with E-state index < -0.39 is 0 Å². The van der Waals surface area contributed by atoms with Gasteiger partial charge in [0.15, 0.2) is 0 Å². The summed E-state index contributed by atoms with van der Waals surface area (Å²) in [5.74, 6) is 1.91. The molecule has 6 nitrogen and oxygen atoms in total. The Labute approximate surface area is 158 Å². The standard InChI is InChI=1S/C21H23N3O3/c1-26-17-9-10-18(19(15-17)27-2)21(25)23-11-6-13-24-14-12-22-20(24)16-7-4-3-5-8-16/h3-5,7-10,12,14-15H,6,11,13H2,1-2H3,(H,23,25). The summed E-state index contributed by atoms with van der Waals surface area (Å²) in [6, 6.07) is 15.2. The molecule has 1 aromatic heterocycles. The molecule has 2 aromatic carbocycles. The molecule has 0 radical (unpaired) electrons. The van der Waals surface area contributed by atoms with E-state index in [1.165, 1.54) is 7.11 Å². The quantitative estimate of drug-likeness (QED) is 0.622. The Kier molecular flexibility index (Phi) is 6.10. The smallest absolute Gasteiger partial charge is 0.255 e. The van der Waals surface area contributed by atoms with Gasteiger partial charge in [-0.1, -0.05) is 30.3 Å². The molecule has 0 aliphatic heterocycles. The van der Waals surface area contributed by atoms with E-state index in [0.29, 0.717) is 23.6 Å². The van der Waals surface area contributed by atoms with Crippen LogP contribution in [0.25, 0.3) is 11.4 Å². The first-order valence-corrected chi connectivity index (χ1v) is 8.79.